The molecular formula is C13H18BrNO. The average molecular weight is 284 g/mol. The normalized spacial score (nSPS) is 20.9. The molecular weight excluding hydrogens is 266 g/mol. The summed E-state index contributed by atoms with van der Waals surface area (Å²) < 4.78 is 6.66. The maximum atomic E-state index is 5.52. The second-order valence-electron chi connectivity index (χ2n) is 4.91. The van der Waals surface area contributed by atoms with Crippen LogP contribution in [0.4, 0.5) is 0 Å². The Morgan fingerprint density at radius 3 is 2.62 bits per heavy atom. The Morgan fingerprint density at radius 2 is 2.00 bits per heavy atom. The van der Waals surface area contributed by atoms with Crippen LogP contribution < -0.4 is 0 Å². The minimum Gasteiger partial charge on any atom is -0.378 e. The van der Waals surface area contributed by atoms with Crippen LogP contribution in [0.3, 0.4) is 0 Å². The van der Waals surface area contributed by atoms with Crippen LogP contribution in [0, 0.1) is 0 Å². The van der Waals surface area contributed by atoms with Crippen molar-refractivity contribution in [2.45, 2.75) is 25.9 Å². The lowest BCUT2D eigenvalue weighted by molar-refractivity contribution is -0.0552. The SMILES string of the molecule is CC1(C)COCCN1Cc1ccc(Br)cc1. The molecule has 0 saturated carbocycles. The summed E-state index contributed by atoms with van der Waals surface area (Å²) in [7, 11) is 0. The van der Waals surface area contributed by atoms with Crippen LogP contribution >= 0.6 is 15.9 Å². The summed E-state index contributed by atoms with van der Waals surface area (Å²) in [6.07, 6.45) is 0. The summed E-state index contributed by atoms with van der Waals surface area (Å²) in [6, 6.07) is 8.55. The van der Waals surface area contributed by atoms with Crippen LogP contribution in [-0.2, 0) is 11.3 Å². The van der Waals surface area contributed by atoms with Gasteiger partial charge < -0.3 is 4.74 Å². The predicted octanol–water partition coefficient (Wildman–Crippen LogP) is 3.06. The maximum absolute atomic E-state index is 5.52. The monoisotopic (exact) mass is 283 g/mol. The zero-order valence-electron chi connectivity index (χ0n) is 9.87. The van der Waals surface area contributed by atoms with Gasteiger partial charge in [0.2, 0.25) is 0 Å². The van der Waals surface area contributed by atoms with Gasteiger partial charge in [0.25, 0.3) is 0 Å². The number of hydrogen-bond acceptors (Lipinski definition) is 2. The van der Waals surface area contributed by atoms with Gasteiger partial charge in [0.1, 0.15) is 0 Å². The van der Waals surface area contributed by atoms with Crippen molar-refractivity contribution in [1.82, 2.24) is 4.90 Å². The van der Waals surface area contributed by atoms with Crippen LogP contribution in [0.5, 0.6) is 0 Å². The van der Waals surface area contributed by atoms with Crippen molar-refractivity contribution < 1.29 is 4.74 Å². The molecule has 16 heavy (non-hydrogen) atoms. The highest BCUT2D eigenvalue weighted by molar-refractivity contribution is 9.10. The summed E-state index contributed by atoms with van der Waals surface area (Å²) in [6.45, 7) is 8.17. The third kappa shape index (κ3) is 2.84. The first-order valence-electron chi connectivity index (χ1n) is 5.65. The van der Waals surface area contributed by atoms with Crippen LogP contribution in [0.1, 0.15) is 19.4 Å². The van der Waals surface area contributed by atoms with Gasteiger partial charge in [-0.25, -0.2) is 0 Å². The standard InChI is InChI=1S/C13H18BrNO/c1-13(2)10-16-8-7-15(13)9-11-3-5-12(14)6-4-11/h3-6H,7-10H2,1-2H3. The molecule has 1 aliphatic heterocycles. The number of morpholine rings is 1. The molecule has 0 N–H and O–H groups in total. The fraction of sp³-hybridized carbons (Fsp3) is 0.538. The third-order valence-corrected chi connectivity index (χ3v) is 3.63. The summed E-state index contributed by atoms with van der Waals surface area (Å²) >= 11 is 3.46. The second kappa shape index (κ2) is 4.86. The van der Waals surface area contributed by atoms with Crippen molar-refractivity contribution in [2.75, 3.05) is 19.8 Å². The first-order chi connectivity index (χ1) is 7.58. The fourth-order valence-electron chi connectivity index (χ4n) is 1.99. The van der Waals surface area contributed by atoms with Gasteiger partial charge >= 0.3 is 0 Å². The molecule has 0 amide bonds. The lowest BCUT2D eigenvalue weighted by Crippen LogP contribution is -2.52. The zero-order valence-corrected chi connectivity index (χ0v) is 11.5. The highest BCUT2D eigenvalue weighted by Gasteiger charge is 2.30. The third-order valence-electron chi connectivity index (χ3n) is 3.10. The highest BCUT2D eigenvalue weighted by atomic mass is 79.9. The van der Waals surface area contributed by atoms with Gasteiger partial charge in [-0.05, 0) is 31.5 Å². The van der Waals surface area contributed by atoms with Crippen molar-refractivity contribution in [3.63, 3.8) is 0 Å². The first-order valence-corrected chi connectivity index (χ1v) is 6.44. The van der Waals surface area contributed by atoms with Crippen LogP contribution in [0.25, 0.3) is 0 Å². The minimum atomic E-state index is 0.144. The Morgan fingerprint density at radius 1 is 1.31 bits per heavy atom. The van der Waals surface area contributed by atoms with E-state index in [0.29, 0.717) is 0 Å². The van der Waals surface area contributed by atoms with Gasteiger partial charge in [-0.2, -0.15) is 0 Å². The van der Waals surface area contributed by atoms with E-state index in [9.17, 15) is 0 Å². The summed E-state index contributed by atoms with van der Waals surface area (Å²) in [5, 5.41) is 0. The summed E-state index contributed by atoms with van der Waals surface area (Å²) in [4.78, 5) is 2.49. The lowest BCUT2D eigenvalue weighted by Gasteiger charge is -2.42. The molecule has 1 heterocycles. The Bertz CT molecular complexity index is 347. The van der Waals surface area contributed by atoms with E-state index in [-0.39, 0.29) is 5.54 Å². The number of halogens is 1. The van der Waals surface area contributed by atoms with Crippen molar-refractivity contribution in [3.8, 4) is 0 Å². The molecule has 1 aromatic rings. The first kappa shape index (κ1) is 12.1. The second-order valence-corrected chi connectivity index (χ2v) is 5.83. The van der Waals surface area contributed by atoms with Crippen LogP contribution in [-0.4, -0.2) is 30.2 Å². The van der Waals surface area contributed by atoms with Crippen molar-refractivity contribution in [1.29, 1.82) is 0 Å². The average Bonchev–Trinajstić information content (AvgIpc) is 2.24. The predicted molar refractivity (Wildman–Crippen MR) is 69.5 cm³/mol. The Kier molecular flexibility index (Phi) is 3.67. The highest BCUT2D eigenvalue weighted by Crippen LogP contribution is 2.22. The molecule has 0 bridgehead atoms. The Balaban J connectivity index is 2.05. The van der Waals surface area contributed by atoms with Crippen molar-refractivity contribution >= 4 is 15.9 Å². The molecule has 2 nitrogen and oxygen atoms in total. The number of benzene rings is 1. The molecule has 0 radical (unpaired) electrons. The largest absolute Gasteiger partial charge is 0.378 e. The van der Waals surface area contributed by atoms with Gasteiger partial charge in [-0.15, -0.1) is 0 Å². The molecule has 0 aromatic heterocycles. The number of rotatable bonds is 2. The fourth-order valence-corrected chi connectivity index (χ4v) is 2.26. The van der Waals surface area contributed by atoms with E-state index in [1.807, 2.05) is 0 Å². The van der Waals surface area contributed by atoms with Gasteiger partial charge in [0.05, 0.1) is 13.2 Å². The minimum absolute atomic E-state index is 0.144. The smallest absolute Gasteiger partial charge is 0.0645 e. The molecule has 0 unspecified atom stereocenters. The van der Waals surface area contributed by atoms with E-state index >= 15 is 0 Å². The van der Waals surface area contributed by atoms with Crippen molar-refractivity contribution in [2.24, 2.45) is 0 Å². The molecule has 3 heteroatoms. The molecule has 2 rings (SSSR count). The molecule has 0 spiro atoms. The van der Waals surface area contributed by atoms with Crippen LogP contribution in [0.15, 0.2) is 28.7 Å². The maximum Gasteiger partial charge on any atom is 0.0645 e. The van der Waals surface area contributed by atoms with Gasteiger partial charge in [0, 0.05) is 23.1 Å². The van der Waals surface area contributed by atoms with E-state index in [4.69, 9.17) is 4.74 Å². The van der Waals surface area contributed by atoms with Crippen LogP contribution in [0.2, 0.25) is 0 Å². The van der Waals surface area contributed by atoms with Gasteiger partial charge in [-0.3, -0.25) is 4.90 Å². The van der Waals surface area contributed by atoms with E-state index in [1.165, 1.54) is 5.56 Å². The van der Waals surface area contributed by atoms with E-state index < -0.39 is 0 Å². The van der Waals surface area contributed by atoms with E-state index in [1.54, 1.807) is 0 Å². The molecule has 1 aromatic carbocycles. The van der Waals surface area contributed by atoms with E-state index in [0.717, 1.165) is 30.8 Å². The zero-order chi connectivity index (χ0) is 11.6. The summed E-state index contributed by atoms with van der Waals surface area (Å²) in [5.41, 5.74) is 1.50. The van der Waals surface area contributed by atoms with Crippen molar-refractivity contribution in [3.05, 3.63) is 34.3 Å². The number of nitrogens with zero attached hydrogens (tertiary/aromatic N) is 1. The molecule has 1 saturated heterocycles. The number of hydrogen-bond donors (Lipinski definition) is 0. The molecule has 1 fully saturated rings. The quantitative estimate of drug-likeness (QED) is 0.827. The Labute approximate surface area is 106 Å². The van der Waals surface area contributed by atoms with Gasteiger partial charge in [-0.1, -0.05) is 28.1 Å². The lowest BCUT2D eigenvalue weighted by atomic mass is 10.0. The number of ether oxygens (including phenoxy) is 1. The van der Waals surface area contributed by atoms with Gasteiger partial charge in [0.15, 0.2) is 0 Å². The summed E-state index contributed by atoms with van der Waals surface area (Å²) in [5.74, 6) is 0. The molecule has 1 aliphatic rings. The van der Waals surface area contributed by atoms with E-state index in [2.05, 4.69) is 58.9 Å². The molecule has 0 aliphatic carbocycles. The molecule has 0 atom stereocenters. The molecule has 88 valence electrons. The Hall–Kier alpha value is -0.380. The topological polar surface area (TPSA) is 12.5 Å².